The second-order valence-corrected chi connectivity index (χ2v) is 7.80. The van der Waals surface area contributed by atoms with E-state index in [1.165, 1.54) is 46.6 Å². The highest BCUT2D eigenvalue weighted by atomic mass is 79.9. The van der Waals surface area contributed by atoms with E-state index in [1.54, 1.807) is 6.07 Å². The summed E-state index contributed by atoms with van der Waals surface area (Å²) in [7, 11) is 5.36. The van der Waals surface area contributed by atoms with Gasteiger partial charge in [-0.05, 0) is 35.4 Å². The van der Waals surface area contributed by atoms with Crippen molar-refractivity contribution in [2.24, 2.45) is 0 Å². The van der Waals surface area contributed by atoms with Crippen LogP contribution in [-0.2, 0) is 31.9 Å². The number of hydrogen-bond acceptors (Lipinski definition) is 8. The van der Waals surface area contributed by atoms with E-state index in [-0.39, 0.29) is 36.1 Å². The lowest BCUT2D eigenvalue weighted by Crippen LogP contribution is -2.08. The van der Waals surface area contributed by atoms with Crippen LogP contribution in [0.25, 0.3) is 0 Å². The Morgan fingerprint density at radius 2 is 1.27 bits per heavy atom. The first-order valence-electron chi connectivity index (χ1n) is 9.06. The number of phenols is 1. The molecule has 0 heterocycles. The van der Waals surface area contributed by atoms with E-state index in [4.69, 9.17) is 9.47 Å². The molecule has 0 radical (unpaired) electrons. The second-order valence-electron chi connectivity index (χ2n) is 6.09. The maximum Gasteiger partial charge on any atom is 0.387 e. The number of phenolic OH excluding ortho intramolecular Hbond substituents is 1. The predicted octanol–water partition coefficient (Wildman–Crippen LogP) is 4.65. The Bertz CT molecular complexity index is 970. The van der Waals surface area contributed by atoms with E-state index >= 15 is 0 Å². The molecule has 8 nitrogen and oxygen atoms in total. The quantitative estimate of drug-likeness (QED) is 0.438. The number of ether oxygens (including phenoxy) is 5. The van der Waals surface area contributed by atoms with Gasteiger partial charge in [0.25, 0.3) is 0 Å². The monoisotopic (exact) mass is 598 g/mol. The molecule has 0 amide bonds. The summed E-state index contributed by atoms with van der Waals surface area (Å²) < 4.78 is 48.9. The van der Waals surface area contributed by atoms with Crippen molar-refractivity contribution in [1.29, 1.82) is 0 Å². The van der Waals surface area contributed by atoms with Gasteiger partial charge in [-0.25, -0.2) is 0 Å². The molecule has 0 unspecified atom stereocenters. The summed E-state index contributed by atoms with van der Waals surface area (Å²) in [6, 6.07) is 5.84. The summed E-state index contributed by atoms with van der Waals surface area (Å²) >= 11 is 6.50. The number of rotatable bonds is 8. The minimum atomic E-state index is -2.97. The summed E-state index contributed by atoms with van der Waals surface area (Å²) in [5.41, 5.74) is 1.12. The van der Waals surface area contributed by atoms with Crippen molar-refractivity contribution in [3.8, 4) is 23.0 Å². The van der Waals surface area contributed by atoms with E-state index in [0.29, 0.717) is 25.8 Å². The van der Waals surface area contributed by atoms with Crippen molar-refractivity contribution in [3.05, 3.63) is 44.3 Å². The molecule has 182 valence electrons. The lowest BCUT2D eigenvalue weighted by atomic mass is 10.1. The Hall–Kier alpha value is -2.60. The van der Waals surface area contributed by atoms with Crippen molar-refractivity contribution in [2.45, 2.75) is 19.5 Å². The standard InChI is InChI=1S/C11H11BrF2O4.C10H11BrO4/c1-16-8-5-7(12)6(4-10(15)17-2)3-9(8)18-11(13)14;1-14-9-5-7(11)6(3-8(9)12)4-10(13)15-2/h3,5,11H,4H2,1-2H3;3,5,12H,4H2,1-2H3. The second kappa shape index (κ2) is 13.8. The van der Waals surface area contributed by atoms with Crippen LogP contribution in [0.1, 0.15) is 11.1 Å². The molecule has 0 aliphatic heterocycles. The van der Waals surface area contributed by atoms with Gasteiger partial charge in [0.15, 0.2) is 23.0 Å². The highest BCUT2D eigenvalue weighted by Gasteiger charge is 2.16. The summed E-state index contributed by atoms with van der Waals surface area (Å²) in [5.74, 6) is -0.468. The molecule has 0 atom stereocenters. The van der Waals surface area contributed by atoms with Crippen LogP contribution in [0.3, 0.4) is 0 Å². The molecule has 12 heteroatoms. The smallest absolute Gasteiger partial charge is 0.387 e. The summed E-state index contributed by atoms with van der Waals surface area (Å²) in [6.07, 6.45) is 0.0509. The maximum absolute atomic E-state index is 12.2. The molecule has 0 bridgehead atoms. The molecule has 2 rings (SSSR count). The Morgan fingerprint density at radius 3 is 1.70 bits per heavy atom. The van der Waals surface area contributed by atoms with Gasteiger partial charge in [0.2, 0.25) is 0 Å². The number of carbonyl (C=O) groups is 2. The maximum atomic E-state index is 12.2. The molecule has 0 saturated carbocycles. The van der Waals surface area contributed by atoms with Crippen LogP contribution in [0.5, 0.6) is 23.0 Å². The van der Waals surface area contributed by atoms with Crippen molar-refractivity contribution in [1.82, 2.24) is 0 Å². The Morgan fingerprint density at radius 1 is 0.818 bits per heavy atom. The number of aromatic hydroxyl groups is 1. The number of esters is 2. The highest BCUT2D eigenvalue weighted by Crippen LogP contribution is 2.35. The fourth-order valence-electron chi connectivity index (χ4n) is 2.40. The van der Waals surface area contributed by atoms with Crippen LogP contribution < -0.4 is 14.2 Å². The van der Waals surface area contributed by atoms with Crippen LogP contribution in [0, 0.1) is 0 Å². The van der Waals surface area contributed by atoms with E-state index in [0.717, 1.165) is 0 Å². The van der Waals surface area contributed by atoms with Crippen molar-refractivity contribution in [2.75, 3.05) is 28.4 Å². The number of benzene rings is 2. The van der Waals surface area contributed by atoms with Crippen molar-refractivity contribution >= 4 is 43.8 Å². The van der Waals surface area contributed by atoms with Crippen LogP contribution in [0.15, 0.2) is 33.2 Å². The molecule has 1 N–H and O–H groups in total. The fourth-order valence-corrected chi connectivity index (χ4v) is 3.33. The van der Waals surface area contributed by atoms with Gasteiger partial charge in [-0.1, -0.05) is 31.9 Å². The molecule has 0 aromatic heterocycles. The van der Waals surface area contributed by atoms with Gasteiger partial charge in [-0.15, -0.1) is 0 Å². The van der Waals surface area contributed by atoms with Crippen molar-refractivity contribution < 1.29 is 47.2 Å². The first-order chi connectivity index (χ1) is 15.6. The zero-order valence-corrected chi connectivity index (χ0v) is 21.3. The van der Waals surface area contributed by atoms with Gasteiger partial charge < -0.3 is 28.8 Å². The molecular weight excluding hydrogens is 578 g/mol. The Kier molecular flexibility index (Phi) is 11.9. The van der Waals surface area contributed by atoms with Crippen LogP contribution >= 0.6 is 31.9 Å². The summed E-state index contributed by atoms with van der Waals surface area (Å²) in [5, 5.41) is 9.50. The number of carbonyl (C=O) groups excluding carboxylic acids is 2. The molecule has 0 aliphatic carbocycles. The lowest BCUT2D eigenvalue weighted by molar-refractivity contribution is -0.140. The van der Waals surface area contributed by atoms with Crippen LogP contribution in [-0.4, -0.2) is 52.1 Å². The normalized spacial score (nSPS) is 10.1. The van der Waals surface area contributed by atoms with E-state index < -0.39 is 12.6 Å². The molecular formula is C21H22Br2F2O8. The van der Waals surface area contributed by atoms with Gasteiger partial charge in [0.05, 0.1) is 41.3 Å². The first kappa shape index (κ1) is 28.4. The minimum Gasteiger partial charge on any atom is -0.504 e. The number of methoxy groups -OCH3 is 4. The number of alkyl halides is 2. The van der Waals surface area contributed by atoms with E-state index in [1.807, 2.05) is 0 Å². The zero-order chi connectivity index (χ0) is 25.1. The minimum absolute atomic E-state index is 0.000368. The largest absolute Gasteiger partial charge is 0.504 e. The van der Waals surface area contributed by atoms with E-state index in [2.05, 4.69) is 46.1 Å². The SMILES string of the molecule is COC(=O)Cc1cc(O)c(OC)cc1Br.COC(=O)Cc1cc(OC(F)F)c(OC)cc1Br. The lowest BCUT2D eigenvalue weighted by Gasteiger charge is -2.12. The summed E-state index contributed by atoms with van der Waals surface area (Å²) in [6.45, 7) is -2.97. The van der Waals surface area contributed by atoms with Gasteiger partial charge in [-0.2, -0.15) is 8.78 Å². The zero-order valence-electron chi connectivity index (χ0n) is 18.1. The Labute approximate surface area is 206 Å². The van der Waals surface area contributed by atoms with Gasteiger partial charge in [0.1, 0.15) is 0 Å². The molecule has 0 saturated heterocycles. The average molecular weight is 600 g/mol. The third kappa shape index (κ3) is 9.04. The van der Waals surface area contributed by atoms with Crippen molar-refractivity contribution in [3.63, 3.8) is 0 Å². The van der Waals surface area contributed by atoms with E-state index in [9.17, 15) is 23.5 Å². The summed E-state index contributed by atoms with van der Waals surface area (Å²) in [4.78, 5) is 22.2. The predicted molar refractivity (Wildman–Crippen MR) is 121 cm³/mol. The van der Waals surface area contributed by atoms with Gasteiger partial charge >= 0.3 is 18.6 Å². The molecule has 0 spiro atoms. The third-order valence-corrected chi connectivity index (χ3v) is 5.50. The van der Waals surface area contributed by atoms with Gasteiger partial charge in [-0.3, -0.25) is 9.59 Å². The van der Waals surface area contributed by atoms with Gasteiger partial charge in [0, 0.05) is 8.95 Å². The fraction of sp³-hybridized carbons (Fsp3) is 0.333. The van der Waals surface area contributed by atoms with Crippen LogP contribution in [0.4, 0.5) is 8.78 Å². The third-order valence-electron chi connectivity index (χ3n) is 4.02. The topological polar surface area (TPSA) is 101 Å². The average Bonchev–Trinajstić information content (AvgIpc) is 2.77. The first-order valence-corrected chi connectivity index (χ1v) is 10.6. The molecule has 2 aromatic carbocycles. The molecule has 33 heavy (non-hydrogen) atoms. The molecule has 2 aromatic rings. The molecule has 0 aliphatic rings. The number of hydrogen-bond donors (Lipinski definition) is 1. The Balaban J connectivity index is 0.000000335. The number of halogens is 4. The van der Waals surface area contributed by atoms with Crippen LogP contribution in [0.2, 0.25) is 0 Å². The molecule has 0 fully saturated rings. The highest BCUT2D eigenvalue weighted by molar-refractivity contribution is 9.10.